The van der Waals surface area contributed by atoms with Crippen LogP contribution in [0.1, 0.15) is 10.5 Å². The second-order valence-corrected chi connectivity index (χ2v) is 3.92. The molecular formula is C13H8FN3O3. The van der Waals surface area contributed by atoms with Crippen LogP contribution < -0.4 is 5.32 Å². The monoisotopic (exact) mass is 273 g/mol. The molecule has 0 saturated carbocycles. The summed E-state index contributed by atoms with van der Waals surface area (Å²) >= 11 is 0. The molecule has 0 saturated heterocycles. The van der Waals surface area contributed by atoms with E-state index in [1.165, 1.54) is 42.7 Å². The van der Waals surface area contributed by atoms with Crippen molar-refractivity contribution in [2.75, 3.05) is 5.32 Å². The summed E-state index contributed by atoms with van der Waals surface area (Å²) < 4.78 is 22.5. The lowest BCUT2D eigenvalue weighted by atomic mass is 10.1. The molecule has 6 nitrogen and oxygen atoms in total. The highest BCUT2D eigenvalue weighted by Crippen LogP contribution is 2.21. The zero-order valence-electron chi connectivity index (χ0n) is 10.0. The number of anilines is 1. The first kappa shape index (κ1) is 12.1. The molecule has 7 heteroatoms. The lowest BCUT2D eigenvalue weighted by Crippen LogP contribution is -2.12. The summed E-state index contributed by atoms with van der Waals surface area (Å²) in [5.41, 5.74) is 0.715. The Balaban J connectivity index is 1.79. The zero-order valence-corrected chi connectivity index (χ0v) is 10.0. The number of benzene rings is 1. The van der Waals surface area contributed by atoms with Crippen LogP contribution in [0.15, 0.2) is 51.7 Å². The van der Waals surface area contributed by atoms with E-state index in [-0.39, 0.29) is 17.3 Å². The number of amides is 1. The highest BCUT2D eigenvalue weighted by Gasteiger charge is 2.14. The number of nitrogens with one attached hydrogen (secondary N) is 1. The Bertz CT molecular complexity index is 720. The van der Waals surface area contributed by atoms with E-state index in [2.05, 4.69) is 20.2 Å². The van der Waals surface area contributed by atoms with Gasteiger partial charge in [0.25, 0.3) is 5.91 Å². The molecule has 0 unspecified atom stereocenters. The van der Waals surface area contributed by atoms with E-state index in [4.69, 9.17) is 4.52 Å². The van der Waals surface area contributed by atoms with Crippen molar-refractivity contribution in [2.24, 2.45) is 0 Å². The minimum Gasteiger partial charge on any atom is -0.363 e. The van der Waals surface area contributed by atoms with Crippen molar-refractivity contribution in [3.63, 3.8) is 0 Å². The maximum Gasteiger partial charge on any atom is 0.279 e. The van der Waals surface area contributed by atoms with Crippen LogP contribution in [0.25, 0.3) is 11.3 Å². The molecule has 0 bridgehead atoms. The molecule has 3 aromatic rings. The molecule has 2 aromatic heterocycles. The summed E-state index contributed by atoms with van der Waals surface area (Å²) in [5, 5.41) is 9.69. The largest absolute Gasteiger partial charge is 0.363 e. The Morgan fingerprint density at radius 3 is 2.65 bits per heavy atom. The number of hydrogen-bond donors (Lipinski definition) is 1. The molecule has 0 aliphatic heterocycles. The standard InChI is InChI=1S/C13H8FN3O3/c14-9-3-1-8(2-4-9)11-7-10(16-20-11)13(18)15-12-5-6-19-17-12/h1-7H,(H,15,17,18). The molecule has 1 amide bonds. The molecule has 0 aliphatic rings. The van der Waals surface area contributed by atoms with E-state index >= 15 is 0 Å². The van der Waals surface area contributed by atoms with Crippen molar-refractivity contribution in [1.82, 2.24) is 10.3 Å². The maximum absolute atomic E-state index is 12.8. The van der Waals surface area contributed by atoms with Crippen molar-refractivity contribution < 1.29 is 18.2 Å². The maximum atomic E-state index is 12.8. The summed E-state index contributed by atoms with van der Waals surface area (Å²) in [4.78, 5) is 11.8. The molecule has 0 radical (unpaired) electrons. The smallest absolute Gasteiger partial charge is 0.279 e. The van der Waals surface area contributed by atoms with Gasteiger partial charge in [0.15, 0.2) is 17.3 Å². The number of nitrogens with zero attached hydrogens (tertiary/aromatic N) is 2. The predicted molar refractivity (Wildman–Crippen MR) is 66.4 cm³/mol. The molecular weight excluding hydrogens is 265 g/mol. The third kappa shape index (κ3) is 2.41. The average molecular weight is 273 g/mol. The highest BCUT2D eigenvalue weighted by molar-refractivity contribution is 6.02. The van der Waals surface area contributed by atoms with Gasteiger partial charge in [0.1, 0.15) is 12.1 Å². The van der Waals surface area contributed by atoms with E-state index in [1.54, 1.807) is 0 Å². The van der Waals surface area contributed by atoms with E-state index in [0.29, 0.717) is 11.3 Å². The molecule has 0 spiro atoms. The Kier molecular flexibility index (Phi) is 3.00. The van der Waals surface area contributed by atoms with Crippen molar-refractivity contribution >= 4 is 11.7 Å². The summed E-state index contributed by atoms with van der Waals surface area (Å²) in [6.07, 6.45) is 1.34. The van der Waals surface area contributed by atoms with Crippen LogP contribution >= 0.6 is 0 Å². The molecule has 100 valence electrons. The molecule has 20 heavy (non-hydrogen) atoms. The Hall–Kier alpha value is -2.96. The van der Waals surface area contributed by atoms with Gasteiger partial charge in [-0.3, -0.25) is 4.79 Å². The van der Waals surface area contributed by atoms with Crippen molar-refractivity contribution in [1.29, 1.82) is 0 Å². The summed E-state index contributed by atoms with van der Waals surface area (Å²) in [6.45, 7) is 0. The Morgan fingerprint density at radius 1 is 1.15 bits per heavy atom. The lowest BCUT2D eigenvalue weighted by Gasteiger charge is -1.95. The molecule has 0 fully saturated rings. The number of aromatic nitrogens is 2. The van der Waals surface area contributed by atoms with Crippen LogP contribution in [-0.4, -0.2) is 16.2 Å². The third-order valence-electron chi connectivity index (χ3n) is 2.55. The Morgan fingerprint density at radius 2 is 1.95 bits per heavy atom. The van der Waals surface area contributed by atoms with Gasteiger partial charge in [-0.15, -0.1) is 0 Å². The van der Waals surface area contributed by atoms with Crippen LogP contribution in [-0.2, 0) is 0 Å². The number of rotatable bonds is 3. The number of hydrogen-bond acceptors (Lipinski definition) is 5. The molecule has 0 aliphatic carbocycles. The first-order valence-electron chi connectivity index (χ1n) is 5.67. The SMILES string of the molecule is O=C(Nc1ccon1)c1cc(-c2ccc(F)cc2)on1. The van der Waals surface area contributed by atoms with Crippen LogP contribution in [0, 0.1) is 5.82 Å². The van der Waals surface area contributed by atoms with Crippen LogP contribution in [0.5, 0.6) is 0 Å². The van der Waals surface area contributed by atoms with Crippen molar-refractivity contribution in [3.8, 4) is 11.3 Å². The fourth-order valence-electron chi connectivity index (χ4n) is 1.59. The third-order valence-corrected chi connectivity index (χ3v) is 2.55. The molecule has 1 N–H and O–H groups in total. The second kappa shape index (κ2) is 4.96. The van der Waals surface area contributed by atoms with Gasteiger partial charge in [-0.25, -0.2) is 4.39 Å². The molecule has 3 rings (SSSR count). The Labute approximate surface area is 112 Å². The predicted octanol–water partition coefficient (Wildman–Crippen LogP) is 2.72. The van der Waals surface area contributed by atoms with Crippen LogP contribution in [0.3, 0.4) is 0 Å². The summed E-state index contributed by atoms with van der Waals surface area (Å²) in [6, 6.07) is 8.63. The average Bonchev–Trinajstić information content (AvgIpc) is 3.10. The van der Waals surface area contributed by atoms with Crippen molar-refractivity contribution in [2.45, 2.75) is 0 Å². The van der Waals surface area contributed by atoms with Gasteiger partial charge >= 0.3 is 0 Å². The zero-order chi connectivity index (χ0) is 13.9. The quantitative estimate of drug-likeness (QED) is 0.793. The van der Waals surface area contributed by atoms with E-state index < -0.39 is 5.91 Å². The first-order valence-corrected chi connectivity index (χ1v) is 5.67. The fourth-order valence-corrected chi connectivity index (χ4v) is 1.59. The van der Waals surface area contributed by atoms with Gasteiger partial charge in [0.05, 0.1) is 0 Å². The first-order chi connectivity index (χ1) is 9.72. The topological polar surface area (TPSA) is 81.2 Å². The molecule has 1 aromatic carbocycles. The van der Waals surface area contributed by atoms with Crippen LogP contribution in [0.2, 0.25) is 0 Å². The summed E-state index contributed by atoms with van der Waals surface area (Å²) in [5.74, 6) is -0.176. The van der Waals surface area contributed by atoms with E-state index in [0.717, 1.165) is 0 Å². The number of halogens is 1. The molecule has 0 atom stereocenters. The number of carbonyl (C=O) groups is 1. The number of carbonyl (C=O) groups excluding carboxylic acids is 1. The van der Waals surface area contributed by atoms with Gasteiger partial charge < -0.3 is 14.4 Å². The lowest BCUT2D eigenvalue weighted by molar-refractivity contribution is 0.101. The van der Waals surface area contributed by atoms with Gasteiger partial charge in [-0.05, 0) is 24.3 Å². The van der Waals surface area contributed by atoms with Gasteiger partial charge in [-0.1, -0.05) is 10.3 Å². The van der Waals surface area contributed by atoms with Gasteiger partial charge in [0, 0.05) is 17.7 Å². The summed E-state index contributed by atoms with van der Waals surface area (Å²) in [7, 11) is 0. The van der Waals surface area contributed by atoms with E-state index in [1.807, 2.05) is 0 Å². The second-order valence-electron chi connectivity index (χ2n) is 3.92. The minimum absolute atomic E-state index is 0.0901. The molecule has 2 heterocycles. The van der Waals surface area contributed by atoms with Crippen molar-refractivity contribution in [3.05, 3.63) is 54.2 Å². The van der Waals surface area contributed by atoms with E-state index in [9.17, 15) is 9.18 Å². The van der Waals surface area contributed by atoms with Gasteiger partial charge in [0.2, 0.25) is 0 Å². The minimum atomic E-state index is -0.476. The highest BCUT2D eigenvalue weighted by atomic mass is 19.1. The fraction of sp³-hybridized carbons (Fsp3) is 0. The van der Waals surface area contributed by atoms with Crippen LogP contribution in [0.4, 0.5) is 10.2 Å². The van der Waals surface area contributed by atoms with Gasteiger partial charge in [-0.2, -0.15) is 0 Å². The normalized spacial score (nSPS) is 10.4.